The number of benzene rings is 1. The Morgan fingerprint density at radius 3 is 2.55 bits per heavy atom. The third-order valence-corrected chi connectivity index (χ3v) is 3.25. The molecule has 0 aliphatic heterocycles. The van der Waals surface area contributed by atoms with Gasteiger partial charge in [0, 0.05) is 5.56 Å². The molecule has 0 saturated heterocycles. The second-order valence-corrected chi connectivity index (χ2v) is 4.95. The predicted molar refractivity (Wildman–Crippen MR) is 80.2 cm³/mol. The number of aryl methyl sites for hydroxylation is 1. The standard InChI is InChI=1S/C13H14N4O2S/c1-7-3-5-8(6-4-7)11(18)15-9-10(14)16-13(20-2)17-12(9)19/h3-6H,1-2H3,(H,15,18)(H3,14,16,17,19). The highest BCUT2D eigenvalue weighted by atomic mass is 32.2. The number of carbonyl (C=O) groups excluding carboxylic acids is 1. The van der Waals surface area contributed by atoms with Gasteiger partial charge in [-0.15, -0.1) is 0 Å². The average Bonchev–Trinajstić information content (AvgIpc) is 2.43. The molecule has 1 amide bonds. The molecular formula is C13H14N4O2S. The van der Waals surface area contributed by atoms with Gasteiger partial charge in [-0.1, -0.05) is 29.5 Å². The minimum atomic E-state index is -0.470. The fourth-order valence-electron chi connectivity index (χ4n) is 1.58. The maximum atomic E-state index is 12.0. The van der Waals surface area contributed by atoms with Crippen molar-refractivity contribution in [2.24, 2.45) is 0 Å². The molecule has 0 radical (unpaired) electrons. The van der Waals surface area contributed by atoms with Crippen LogP contribution in [0.3, 0.4) is 0 Å². The molecule has 104 valence electrons. The van der Waals surface area contributed by atoms with Gasteiger partial charge in [-0.25, -0.2) is 4.98 Å². The van der Waals surface area contributed by atoms with E-state index in [1.54, 1.807) is 18.4 Å². The van der Waals surface area contributed by atoms with Gasteiger partial charge in [0.25, 0.3) is 11.5 Å². The van der Waals surface area contributed by atoms with E-state index in [0.29, 0.717) is 10.7 Å². The number of amides is 1. The molecule has 0 saturated carbocycles. The summed E-state index contributed by atoms with van der Waals surface area (Å²) >= 11 is 1.26. The third kappa shape index (κ3) is 3.00. The molecule has 0 aliphatic rings. The molecule has 6 nitrogen and oxygen atoms in total. The largest absolute Gasteiger partial charge is 0.382 e. The van der Waals surface area contributed by atoms with Crippen LogP contribution in [0.5, 0.6) is 0 Å². The van der Waals surface area contributed by atoms with Crippen LogP contribution in [0.4, 0.5) is 11.5 Å². The molecular weight excluding hydrogens is 276 g/mol. The van der Waals surface area contributed by atoms with Gasteiger partial charge in [-0.05, 0) is 25.3 Å². The van der Waals surface area contributed by atoms with Crippen LogP contribution < -0.4 is 16.6 Å². The van der Waals surface area contributed by atoms with Gasteiger partial charge in [-0.2, -0.15) is 0 Å². The van der Waals surface area contributed by atoms with Gasteiger partial charge in [0.1, 0.15) is 5.69 Å². The molecule has 1 heterocycles. The van der Waals surface area contributed by atoms with Crippen LogP contribution >= 0.6 is 11.8 Å². The van der Waals surface area contributed by atoms with Gasteiger partial charge in [0.05, 0.1) is 0 Å². The first kappa shape index (κ1) is 14.1. The number of rotatable bonds is 3. The fraction of sp³-hybridized carbons (Fsp3) is 0.154. The van der Waals surface area contributed by atoms with Gasteiger partial charge in [0.2, 0.25) is 0 Å². The van der Waals surface area contributed by atoms with Crippen LogP contribution in [0.15, 0.2) is 34.2 Å². The SMILES string of the molecule is CSc1nc(N)c(NC(=O)c2ccc(C)cc2)c(=O)[nH]1. The summed E-state index contributed by atoms with van der Waals surface area (Å²) in [6.07, 6.45) is 1.77. The topological polar surface area (TPSA) is 101 Å². The summed E-state index contributed by atoms with van der Waals surface area (Å²) in [5.41, 5.74) is 6.68. The molecule has 0 atom stereocenters. The molecule has 1 aromatic carbocycles. The summed E-state index contributed by atoms with van der Waals surface area (Å²) in [4.78, 5) is 30.4. The fourth-order valence-corrected chi connectivity index (χ4v) is 1.96. The first-order valence-electron chi connectivity index (χ1n) is 5.83. The molecule has 0 aliphatic carbocycles. The summed E-state index contributed by atoms with van der Waals surface area (Å²) in [5, 5.41) is 2.89. The molecule has 0 fully saturated rings. The van der Waals surface area contributed by atoms with Crippen molar-refractivity contribution in [2.45, 2.75) is 12.1 Å². The van der Waals surface area contributed by atoms with Gasteiger partial charge >= 0.3 is 0 Å². The summed E-state index contributed by atoms with van der Waals surface area (Å²) in [6, 6.07) is 6.99. The minimum absolute atomic E-state index is 0.00133. The van der Waals surface area contributed by atoms with Crippen LogP contribution in [0.1, 0.15) is 15.9 Å². The van der Waals surface area contributed by atoms with E-state index in [2.05, 4.69) is 15.3 Å². The van der Waals surface area contributed by atoms with Gasteiger partial charge in [0.15, 0.2) is 11.0 Å². The normalized spacial score (nSPS) is 10.3. The molecule has 20 heavy (non-hydrogen) atoms. The van der Waals surface area contributed by atoms with Gasteiger partial charge < -0.3 is 11.1 Å². The first-order chi connectivity index (χ1) is 9.51. The van der Waals surface area contributed by atoms with Crippen molar-refractivity contribution in [1.82, 2.24) is 9.97 Å². The van der Waals surface area contributed by atoms with E-state index in [0.717, 1.165) is 5.56 Å². The van der Waals surface area contributed by atoms with Crippen molar-refractivity contribution in [3.63, 3.8) is 0 Å². The Kier molecular flexibility index (Phi) is 4.09. The van der Waals surface area contributed by atoms with Crippen LogP contribution in [0.2, 0.25) is 0 Å². The van der Waals surface area contributed by atoms with Crippen molar-refractivity contribution in [3.05, 3.63) is 45.7 Å². The van der Waals surface area contributed by atoms with Crippen molar-refractivity contribution in [2.75, 3.05) is 17.3 Å². The zero-order valence-corrected chi connectivity index (χ0v) is 11.9. The number of carbonyl (C=O) groups is 1. The molecule has 0 spiro atoms. The van der Waals surface area contributed by atoms with E-state index >= 15 is 0 Å². The first-order valence-corrected chi connectivity index (χ1v) is 7.05. The zero-order chi connectivity index (χ0) is 14.7. The third-order valence-electron chi connectivity index (χ3n) is 2.67. The molecule has 0 unspecified atom stereocenters. The summed E-state index contributed by atoms with van der Waals surface area (Å²) in [5.74, 6) is -0.403. The number of H-pyrrole nitrogens is 1. The zero-order valence-electron chi connectivity index (χ0n) is 11.1. The van der Waals surface area contributed by atoms with Crippen LogP contribution in [-0.2, 0) is 0 Å². The van der Waals surface area contributed by atoms with E-state index in [-0.39, 0.29) is 11.5 Å². The molecule has 0 bridgehead atoms. The van der Waals surface area contributed by atoms with E-state index in [9.17, 15) is 9.59 Å². The lowest BCUT2D eigenvalue weighted by Crippen LogP contribution is -2.23. The van der Waals surface area contributed by atoms with E-state index in [1.807, 2.05) is 19.1 Å². The lowest BCUT2D eigenvalue weighted by atomic mass is 10.1. The highest BCUT2D eigenvalue weighted by Crippen LogP contribution is 2.15. The quantitative estimate of drug-likeness (QED) is 0.589. The number of nitrogens with one attached hydrogen (secondary N) is 2. The lowest BCUT2D eigenvalue weighted by molar-refractivity contribution is 0.102. The number of aromatic amines is 1. The monoisotopic (exact) mass is 290 g/mol. The number of nitrogens with two attached hydrogens (primary N) is 1. The number of nitrogens with zero attached hydrogens (tertiary/aromatic N) is 1. The second-order valence-electron chi connectivity index (χ2n) is 4.16. The van der Waals surface area contributed by atoms with Crippen molar-refractivity contribution >= 4 is 29.2 Å². The Morgan fingerprint density at radius 2 is 2.00 bits per heavy atom. The van der Waals surface area contributed by atoms with E-state index in [4.69, 9.17) is 5.73 Å². The number of nitrogen functional groups attached to an aromatic ring is 1. The van der Waals surface area contributed by atoms with Crippen molar-refractivity contribution < 1.29 is 4.79 Å². The maximum Gasteiger partial charge on any atom is 0.277 e. The molecule has 2 aromatic rings. The molecule has 4 N–H and O–H groups in total. The Hall–Kier alpha value is -2.28. The molecule has 1 aromatic heterocycles. The van der Waals surface area contributed by atoms with Gasteiger partial charge in [-0.3, -0.25) is 14.6 Å². The highest BCUT2D eigenvalue weighted by molar-refractivity contribution is 7.98. The predicted octanol–water partition coefficient (Wildman–Crippen LogP) is 1.63. The number of anilines is 2. The maximum absolute atomic E-state index is 12.0. The Bertz CT molecular complexity index is 695. The van der Waals surface area contributed by atoms with Crippen molar-refractivity contribution in [1.29, 1.82) is 0 Å². The lowest BCUT2D eigenvalue weighted by Gasteiger charge is -2.07. The number of thioether (sulfide) groups is 1. The number of hydrogen-bond donors (Lipinski definition) is 3. The Labute approximate surface area is 119 Å². The second kappa shape index (κ2) is 5.79. The summed E-state index contributed by atoms with van der Waals surface area (Å²) in [6.45, 7) is 1.93. The number of hydrogen-bond acceptors (Lipinski definition) is 5. The van der Waals surface area contributed by atoms with E-state index in [1.165, 1.54) is 11.8 Å². The Balaban J connectivity index is 2.28. The smallest absolute Gasteiger partial charge is 0.277 e. The van der Waals surface area contributed by atoms with Crippen LogP contribution in [0.25, 0.3) is 0 Å². The molecule has 7 heteroatoms. The van der Waals surface area contributed by atoms with Crippen LogP contribution in [0, 0.1) is 6.92 Å². The summed E-state index contributed by atoms with van der Waals surface area (Å²) in [7, 11) is 0. The van der Waals surface area contributed by atoms with E-state index < -0.39 is 11.5 Å². The minimum Gasteiger partial charge on any atom is -0.382 e. The molecule has 2 rings (SSSR count). The van der Waals surface area contributed by atoms with Crippen molar-refractivity contribution in [3.8, 4) is 0 Å². The number of aromatic nitrogens is 2. The Morgan fingerprint density at radius 1 is 1.35 bits per heavy atom. The van der Waals surface area contributed by atoms with Crippen LogP contribution in [-0.4, -0.2) is 22.1 Å². The summed E-state index contributed by atoms with van der Waals surface area (Å²) < 4.78 is 0. The average molecular weight is 290 g/mol. The highest BCUT2D eigenvalue weighted by Gasteiger charge is 2.13.